The third-order valence-electron chi connectivity index (χ3n) is 3.99. The van der Waals surface area contributed by atoms with Gasteiger partial charge in [-0.05, 0) is 24.3 Å². The van der Waals surface area contributed by atoms with E-state index >= 15 is 0 Å². The first-order valence-electron chi connectivity index (χ1n) is 8.42. The van der Waals surface area contributed by atoms with Gasteiger partial charge in [0.1, 0.15) is 11.5 Å². The van der Waals surface area contributed by atoms with Gasteiger partial charge in [-0.2, -0.15) is 5.26 Å². The van der Waals surface area contributed by atoms with E-state index in [0.717, 1.165) is 39.4 Å². The van der Waals surface area contributed by atoms with Crippen molar-refractivity contribution in [3.8, 4) is 6.07 Å². The van der Waals surface area contributed by atoms with Gasteiger partial charge in [-0.1, -0.05) is 0 Å². The Kier molecular flexibility index (Phi) is 6.09. The summed E-state index contributed by atoms with van der Waals surface area (Å²) in [6.07, 6.45) is 2.99. The van der Waals surface area contributed by atoms with Crippen LogP contribution in [0.2, 0.25) is 0 Å². The van der Waals surface area contributed by atoms with Crippen LogP contribution in [0.15, 0.2) is 36.7 Å². The van der Waals surface area contributed by atoms with Crippen molar-refractivity contribution in [2.45, 2.75) is 0 Å². The summed E-state index contributed by atoms with van der Waals surface area (Å²) in [5, 5.41) is 14.7. The third-order valence-corrected chi connectivity index (χ3v) is 3.99. The fourth-order valence-corrected chi connectivity index (χ4v) is 2.53. The largest absolute Gasteiger partial charge is 0.379 e. The Morgan fingerprint density at radius 3 is 2.62 bits per heavy atom. The van der Waals surface area contributed by atoms with Crippen LogP contribution in [0.5, 0.6) is 0 Å². The van der Waals surface area contributed by atoms with Gasteiger partial charge in [0.15, 0.2) is 0 Å². The molecule has 1 aliphatic heterocycles. The lowest BCUT2D eigenvalue weighted by Crippen LogP contribution is -2.39. The molecule has 1 fully saturated rings. The summed E-state index contributed by atoms with van der Waals surface area (Å²) in [4.78, 5) is 22.9. The molecule has 1 aromatic carbocycles. The average Bonchev–Trinajstić information content (AvgIpc) is 2.70. The zero-order chi connectivity index (χ0) is 18.2. The molecule has 1 aliphatic rings. The minimum Gasteiger partial charge on any atom is -0.379 e. The molecule has 0 bridgehead atoms. The normalized spacial score (nSPS) is 14.4. The van der Waals surface area contributed by atoms with Crippen molar-refractivity contribution in [1.29, 1.82) is 5.26 Å². The SMILES string of the molecule is N#Cc1ccc(NC(=O)c2cnc(NCCN3CCOCC3)cn2)cc1. The molecule has 0 spiro atoms. The van der Waals surface area contributed by atoms with E-state index in [4.69, 9.17) is 10.00 Å². The van der Waals surface area contributed by atoms with E-state index in [9.17, 15) is 4.79 Å². The quantitative estimate of drug-likeness (QED) is 0.809. The number of anilines is 2. The molecule has 0 unspecified atom stereocenters. The molecule has 0 radical (unpaired) electrons. The maximum Gasteiger partial charge on any atom is 0.275 e. The van der Waals surface area contributed by atoms with Crippen LogP contribution in [0.3, 0.4) is 0 Å². The van der Waals surface area contributed by atoms with Crippen LogP contribution in [0, 0.1) is 11.3 Å². The number of hydrogen-bond acceptors (Lipinski definition) is 7. The van der Waals surface area contributed by atoms with E-state index in [1.807, 2.05) is 6.07 Å². The van der Waals surface area contributed by atoms with E-state index in [1.54, 1.807) is 30.5 Å². The van der Waals surface area contributed by atoms with E-state index in [1.165, 1.54) is 6.20 Å². The number of carbonyl (C=O) groups is 1. The zero-order valence-electron chi connectivity index (χ0n) is 14.3. The Morgan fingerprint density at radius 2 is 1.96 bits per heavy atom. The molecule has 8 nitrogen and oxygen atoms in total. The average molecular weight is 352 g/mol. The second kappa shape index (κ2) is 8.89. The van der Waals surface area contributed by atoms with Crippen LogP contribution >= 0.6 is 0 Å². The number of morpholine rings is 1. The van der Waals surface area contributed by atoms with E-state index in [0.29, 0.717) is 17.1 Å². The highest BCUT2D eigenvalue weighted by molar-refractivity contribution is 6.02. The van der Waals surface area contributed by atoms with E-state index in [-0.39, 0.29) is 11.6 Å². The Hall–Kier alpha value is -3.02. The molecule has 3 rings (SSSR count). The smallest absolute Gasteiger partial charge is 0.275 e. The number of benzene rings is 1. The van der Waals surface area contributed by atoms with Gasteiger partial charge >= 0.3 is 0 Å². The van der Waals surface area contributed by atoms with E-state index < -0.39 is 0 Å². The van der Waals surface area contributed by atoms with Crippen LogP contribution in [-0.2, 0) is 4.74 Å². The fraction of sp³-hybridized carbons (Fsp3) is 0.333. The zero-order valence-corrected chi connectivity index (χ0v) is 14.3. The molecule has 1 saturated heterocycles. The number of ether oxygens (including phenoxy) is 1. The minimum atomic E-state index is -0.345. The van der Waals surface area contributed by atoms with Gasteiger partial charge in [-0.3, -0.25) is 9.69 Å². The maximum absolute atomic E-state index is 12.2. The summed E-state index contributed by atoms with van der Waals surface area (Å²) in [7, 11) is 0. The maximum atomic E-state index is 12.2. The Balaban J connectivity index is 1.48. The number of nitrogens with one attached hydrogen (secondary N) is 2. The lowest BCUT2D eigenvalue weighted by molar-refractivity contribution is 0.0398. The highest BCUT2D eigenvalue weighted by Crippen LogP contribution is 2.10. The van der Waals surface area contributed by atoms with Crippen molar-refractivity contribution >= 4 is 17.4 Å². The molecule has 2 aromatic rings. The first kappa shape index (κ1) is 17.8. The van der Waals surface area contributed by atoms with Crippen LogP contribution in [0.25, 0.3) is 0 Å². The van der Waals surface area contributed by atoms with Crippen molar-refractivity contribution in [2.24, 2.45) is 0 Å². The molecular formula is C18H20N6O2. The predicted octanol–water partition coefficient (Wildman–Crippen LogP) is 1.34. The summed E-state index contributed by atoms with van der Waals surface area (Å²) in [6, 6.07) is 8.66. The Bertz CT molecular complexity index is 764. The number of amides is 1. The molecule has 2 N–H and O–H groups in total. The van der Waals surface area contributed by atoms with Gasteiger partial charge in [0.2, 0.25) is 0 Å². The van der Waals surface area contributed by atoms with Gasteiger partial charge in [0.05, 0.1) is 37.2 Å². The predicted molar refractivity (Wildman–Crippen MR) is 96.9 cm³/mol. The van der Waals surface area contributed by atoms with Crippen molar-refractivity contribution in [3.05, 3.63) is 47.9 Å². The molecule has 2 heterocycles. The highest BCUT2D eigenvalue weighted by Gasteiger charge is 2.11. The van der Waals surface area contributed by atoms with Crippen molar-refractivity contribution < 1.29 is 9.53 Å². The summed E-state index contributed by atoms with van der Waals surface area (Å²) < 4.78 is 5.32. The monoisotopic (exact) mass is 352 g/mol. The molecule has 134 valence electrons. The summed E-state index contributed by atoms with van der Waals surface area (Å²) in [6.45, 7) is 5.12. The van der Waals surface area contributed by atoms with Gasteiger partial charge in [0.25, 0.3) is 5.91 Å². The van der Waals surface area contributed by atoms with Gasteiger partial charge in [-0.15, -0.1) is 0 Å². The number of rotatable bonds is 6. The second-order valence-corrected chi connectivity index (χ2v) is 5.81. The number of nitriles is 1. The summed E-state index contributed by atoms with van der Waals surface area (Å²) >= 11 is 0. The van der Waals surface area contributed by atoms with Crippen molar-refractivity contribution in [2.75, 3.05) is 50.0 Å². The van der Waals surface area contributed by atoms with Crippen LogP contribution in [-0.4, -0.2) is 60.2 Å². The molecule has 1 aromatic heterocycles. The van der Waals surface area contributed by atoms with Gasteiger partial charge in [0, 0.05) is 31.9 Å². The lowest BCUT2D eigenvalue weighted by atomic mass is 10.2. The third kappa shape index (κ3) is 4.99. The Morgan fingerprint density at radius 1 is 1.19 bits per heavy atom. The van der Waals surface area contributed by atoms with Crippen LogP contribution < -0.4 is 10.6 Å². The minimum absolute atomic E-state index is 0.230. The van der Waals surface area contributed by atoms with E-state index in [2.05, 4.69) is 25.5 Å². The first-order valence-corrected chi connectivity index (χ1v) is 8.42. The Labute approximate surface area is 151 Å². The molecule has 8 heteroatoms. The van der Waals surface area contributed by atoms with Crippen molar-refractivity contribution in [3.63, 3.8) is 0 Å². The number of carbonyl (C=O) groups excluding carboxylic acids is 1. The number of nitrogens with zero attached hydrogens (tertiary/aromatic N) is 4. The number of aromatic nitrogens is 2. The number of hydrogen-bond donors (Lipinski definition) is 2. The molecule has 0 aliphatic carbocycles. The lowest BCUT2D eigenvalue weighted by Gasteiger charge is -2.26. The fourth-order valence-electron chi connectivity index (χ4n) is 2.53. The molecule has 26 heavy (non-hydrogen) atoms. The molecular weight excluding hydrogens is 332 g/mol. The van der Waals surface area contributed by atoms with Gasteiger partial charge in [-0.25, -0.2) is 9.97 Å². The van der Waals surface area contributed by atoms with Gasteiger partial charge < -0.3 is 15.4 Å². The molecule has 0 atom stereocenters. The topological polar surface area (TPSA) is 103 Å². The molecule has 0 saturated carbocycles. The molecule has 1 amide bonds. The summed E-state index contributed by atoms with van der Waals surface area (Å²) in [5.41, 5.74) is 1.37. The second-order valence-electron chi connectivity index (χ2n) is 5.81. The van der Waals surface area contributed by atoms with Crippen LogP contribution in [0.4, 0.5) is 11.5 Å². The summed E-state index contributed by atoms with van der Waals surface area (Å²) in [5.74, 6) is 0.287. The highest BCUT2D eigenvalue weighted by atomic mass is 16.5. The first-order chi connectivity index (χ1) is 12.7. The van der Waals surface area contributed by atoms with Crippen molar-refractivity contribution in [1.82, 2.24) is 14.9 Å². The van der Waals surface area contributed by atoms with Crippen LogP contribution in [0.1, 0.15) is 16.1 Å². The standard InChI is InChI=1S/C18H20N6O2/c19-11-14-1-3-15(4-2-14)23-18(25)16-12-22-17(13-21-16)20-5-6-24-7-9-26-10-8-24/h1-4,12-13H,5-10H2,(H,20,22)(H,23,25).